The Morgan fingerprint density at radius 2 is 1.90 bits per heavy atom. The Hall–Kier alpha value is -1.87. The van der Waals surface area contributed by atoms with Crippen LogP contribution in [0.25, 0.3) is 0 Å². The molecule has 0 aromatic heterocycles. The zero-order chi connectivity index (χ0) is 15.9. The van der Waals surface area contributed by atoms with E-state index in [4.69, 9.17) is 5.26 Å². The van der Waals surface area contributed by atoms with Gasteiger partial charge < -0.3 is 0 Å². The van der Waals surface area contributed by atoms with Crippen LogP contribution < -0.4 is 4.72 Å². The molecule has 0 saturated heterocycles. The van der Waals surface area contributed by atoms with E-state index in [2.05, 4.69) is 4.72 Å². The van der Waals surface area contributed by atoms with Gasteiger partial charge in [0.25, 0.3) is 10.0 Å². The molecule has 1 rings (SSSR count). The molecule has 1 aromatic rings. The van der Waals surface area contributed by atoms with Crippen LogP contribution in [0.3, 0.4) is 0 Å². The number of benzene rings is 1. The third-order valence-electron chi connectivity index (χ3n) is 3.30. The highest BCUT2D eigenvalue weighted by Gasteiger charge is 2.23. The van der Waals surface area contributed by atoms with Gasteiger partial charge in [0.2, 0.25) is 5.91 Å². The van der Waals surface area contributed by atoms with Crippen molar-refractivity contribution in [3.63, 3.8) is 0 Å². The third-order valence-corrected chi connectivity index (χ3v) is 4.66. The number of hydrogen-bond acceptors (Lipinski definition) is 4. The average molecular weight is 308 g/mol. The summed E-state index contributed by atoms with van der Waals surface area (Å²) in [5, 5.41) is 8.69. The standard InChI is InChI=1S/C15H20N2O3S/c1-3-5-6-13(4-2)15(18)17-21(19,20)14-9-7-12(11-16)8-10-14/h7-10,13H,3-6H2,1-2H3,(H,17,18)/t13-/m1/s1. The van der Waals surface area contributed by atoms with E-state index in [0.717, 1.165) is 12.8 Å². The van der Waals surface area contributed by atoms with Crippen LogP contribution in [0.4, 0.5) is 0 Å². The topological polar surface area (TPSA) is 87.0 Å². The summed E-state index contributed by atoms with van der Waals surface area (Å²) in [7, 11) is -3.87. The first-order valence-electron chi connectivity index (χ1n) is 7.01. The molecular weight excluding hydrogens is 288 g/mol. The molecule has 0 saturated carbocycles. The zero-order valence-corrected chi connectivity index (χ0v) is 13.1. The van der Waals surface area contributed by atoms with E-state index in [9.17, 15) is 13.2 Å². The van der Waals surface area contributed by atoms with E-state index in [1.807, 2.05) is 19.9 Å². The van der Waals surface area contributed by atoms with Gasteiger partial charge in [-0.3, -0.25) is 4.79 Å². The fourth-order valence-electron chi connectivity index (χ4n) is 1.95. The fourth-order valence-corrected chi connectivity index (χ4v) is 3.00. The van der Waals surface area contributed by atoms with Gasteiger partial charge in [-0.1, -0.05) is 26.7 Å². The molecular formula is C15H20N2O3S. The Bertz CT molecular complexity index is 615. The van der Waals surface area contributed by atoms with Crippen LogP contribution in [-0.2, 0) is 14.8 Å². The average Bonchev–Trinajstić information content (AvgIpc) is 2.47. The quantitative estimate of drug-likeness (QED) is 0.838. The monoisotopic (exact) mass is 308 g/mol. The molecule has 0 aliphatic carbocycles. The second-order valence-corrected chi connectivity index (χ2v) is 6.54. The second-order valence-electron chi connectivity index (χ2n) is 4.85. The minimum absolute atomic E-state index is 0.0137. The maximum absolute atomic E-state index is 12.1. The summed E-state index contributed by atoms with van der Waals surface area (Å²) < 4.78 is 26.4. The lowest BCUT2D eigenvalue weighted by molar-refractivity contribution is -0.123. The number of nitriles is 1. The fraction of sp³-hybridized carbons (Fsp3) is 0.467. The van der Waals surface area contributed by atoms with Crippen molar-refractivity contribution in [1.82, 2.24) is 4.72 Å². The summed E-state index contributed by atoms with van der Waals surface area (Å²) in [6, 6.07) is 7.38. The van der Waals surface area contributed by atoms with Crippen molar-refractivity contribution in [2.24, 2.45) is 5.92 Å². The molecule has 0 aliphatic heterocycles. The highest BCUT2D eigenvalue weighted by molar-refractivity contribution is 7.90. The van der Waals surface area contributed by atoms with Crippen molar-refractivity contribution in [2.45, 2.75) is 44.4 Å². The van der Waals surface area contributed by atoms with Crippen molar-refractivity contribution < 1.29 is 13.2 Å². The van der Waals surface area contributed by atoms with Crippen molar-refractivity contribution in [1.29, 1.82) is 5.26 Å². The Morgan fingerprint density at radius 3 is 2.38 bits per heavy atom. The first kappa shape index (κ1) is 17.2. The van der Waals surface area contributed by atoms with Gasteiger partial charge in [0.15, 0.2) is 0 Å². The van der Waals surface area contributed by atoms with E-state index < -0.39 is 15.9 Å². The van der Waals surface area contributed by atoms with Crippen molar-refractivity contribution in [3.05, 3.63) is 29.8 Å². The van der Waals surface area contributed by atoms with Gasteiger partial charge in [-0.05, 0) is 37.1 Å². The lowest BCUT2D eigenvalue weighted by Crippen LogP contribution is -2.35. The summed E-state index contributed by atoms with van der Waals surface area (Å²) in [6.07, 6.45) is 3.14. The maximum atomic E-state index is 12.1. The van der Waals surface area contributed by atoms with Crippen LogP contribution in [0.15, 0.2) is 29.2 Å². The predicted octanol–water partition coefficient (Wildman–Crippen LogP) is 2.58. The normalized spacial score (nSPS) is 12.4. The van der Waals surface area contributed by atoms with Crippen LogP contribution in [0.2, 0.25) is 0 Å². The third kappa shape index (κ3) is 4.87. The molecule has 1 amide bonds. The smallest absolute Gasteiger partial charge is 0.264 e. The van der Waals surface area contributed by atoms with Crippen LogP contribution in [-0.4, -0.2) is 14.3 Å². The highest BCUT2D eigenvalue weighted by atomic mass is 32.2. The van der Waals surface area contributed by atoms with E-state index in [-0.39, 0.29) is 10.8 Å². The number of unbranched alkanes of at least 4 members (excludes halogenated alkanes) is 1. The Morgan fingerprint density at radius 1 is 1.29 bits per heavy atom. The first-order valence-corrected chi connectivity index (χ1v) is 8.49. The number of sulfonamides is 1. The Balaban J connectivity index is 2.83. The summed E-state index contributed by atoms with van der Waals surface area (Å²) in [5.41, 5.74) is 0.370. The van der Waals surface area contributed by atoms with Crippen LogP contribution >= 0.6 is 0 Å². The SMILES string of the molecule is CCCC[C@@H](CC)C(=O)NS(=O)(=O)c1ccc(C#N)cc1. The number of nitrogens with zero attached hydrogens (tertiary/aromatic N) is 1. The van der Waals surface area contributed by atoms with Crippen LogP contribution in [0.5, 0.6) is 0 Å². The molecule has 0 heterocycles. The summed E-state index contributed by atoms with van der Waals surface area (Å²) in [6.45, 7) is 3.90. The van der Waals surface area contributed by atoms with Gasteiger partial charge in [0.05, 0.1) is 16.5 Å². The molecule has 21 heavy (non-hydrogen) atoms. The Labute approximate surface area is 126 Å². The molecule has 0 bridgehead atoms. The molecule has 0 spiro atoms. The highest BCUT2D eigenvalue weighted by Crippen LogP contribution is 2.15. The lowest BCUT2D eigenvalue weighted by atomic mass is 9.99. The summed E-state index contributed by atoms with van der Waals surface area (Å²) >= 11 is 0. The largest absolute Gasteiger partial charge is 0.274 e. The molecule has 0 radical (unpaired) electrons. The lowest BCUT2D eigenvalue weighted by Gasteiger charge is -2.14. The van der Waals surface area contributed by atoms with Crippen molar-refractivity contribution >= 4 is 15.9 Å². The molecule has 5 nitrogen and oxygen atoms in total. The molecule has 1 aromatic carbocycles. The predicted molar refractivity (Wildman–Crippen MR) is 79.8 cm³/mol. The van der Waals surface area contributed by atoms with E-state index >= 15 is 0 Å². The van der Waals surface area contributed by atoms with Crippen molar-refractivity contribution in [2.75, 3.05) is 0 Å². The van der Waals surface area contributed by atoms with E-state index in [1.54, 1.807) is 0 Å². The van der Waals surface area contributed by atoms with Crippen LogP contribution in [0.1, 0.15) is 45.1 Å². The van der Waals surface area contributed by atoms with Gasteiger partial charge in [0.1, 0.15) is 0 Å². The van der Waals surface area contributed by atoms with Crippen LogP contribution in [0, 0.1) is 17.2 Å². The molecule has 0 aliphatic rings. The number of amides is 1. The second kappa shape index (κ2) is 7.79. The molecule has 1 N–H and O–H groups in total. The molecule has 0 fully saturated rings. The number of nitrogens with one attached hydrogen (secondary N) is 1. The minimum atomic E-state index is -3.87. The number of carbonyl (C=O) groups is 1. The summed E-state index contributed by atoms with van der Waals surface area (Å²) in [5.74, 6) is -0.756. The van der Waals surface area contributed by atoms with Gasteiger partial charge in [-0.2, -0.15) is 5.26 Å². The molecule has 114 valence electrons. The number of hydrogen-bond donors (Lipinski definition) is 1. The van der Waals surface area contributed by atoms with E-state index in [1.165, 1.54) is 24.3 Å². The summed E-state index contributed by atoms with van der Waals surface area (Å²) in [4.78, 5) is 12.0. The molecule has 0 unspecified atom stereocenters. The number of carbonyl (C=O) groups excluding carboxylic acids is 1. The molecule has 1 atom stereocenters. The van der Waals surface area contributed by atoms with Crippen molar-refractivity contribution in [3.8, 4) is 6.07 Å². The Kier molecular flexibility index (Phi) is 6.38. The first-order chi connectivity index (χ1) is 9.94. The van der Waals surface area contributed by atoms with E-state index in [0.29, 0.717) is 18.4 Å². The maximum Gasteiger partial charge on any atom is 0.264 e. The number of rotatable bonds is 7. The van der Waals surface area contributed by atoms with Gasteiger partial charge in [-0.25, -0.2) is 13.1 Å². The zero-order valence-electron chi connectivity index (χ0n) is 12.3. The van der Waals surface area contributed by atoms with Gasteiger partial charge in [-0.15, -0.1) is 0 Å². The van der Waals surface area contributed by atoms with Gasteiger partial charge >= 0.3 is 0 Å². The van der Waals surface area contributed by atoms with Gasteiger partial charge in [0, 0.05) is 5.92 Å². The minimum Gasteiger partial charge on any atom is -0.274 e. The molecule has 6 heteroatoms.